The Bertz CT molecular complexity index is 833. The molecule has 2 aromatic carbocycles. The van der Waals surface area contributed by atoms with Crippen LogP contribution in [0.4, 0.5) is 5.69 Å². The van der Waals surface area contributed by atoms with E-state index in [0.29, 0.717) is 35.1 Å². The number of ether oxygens (including phenoxy) is 3. The van der Waals surface area contributed by atoms with Crippen molar-refractivity contribution in [2.45, 2.75) is 6.92 Å². The van der Waals surface area contributed by atoms with E-state index in [2.05, 4.69) is 15.8 Å². The second-order valence-electron chi connectivity index (χ2n) is 5.22. The van der Waals surface area contributed by atoms with Gasteiger partial charge in [-0.15, -0.1) is 0 Å². The number of hydrazone groups is 1. The summed E-state index contributed by atoms with van der Waals surface area (Å²) in [5.74, 6) is 0.241. The fourth-order valence-corrected chi connectivity index (χ4v) is 2.20. The van der Waals surface area contributed by atoms with Crippen molar-refractivity contribution in [3.8, 4) is 17.2 Å². The number of anilines is 1. The lowest BCUT2D eigenvalue weighted by Gasteiger charge is -2.06. The average molecular weight is 355 g/mol. The van der Waals surface area contributed by atoms with Crippen LogP contribution < -0.4 is 25.0 Å². The van der Waals surface area contributed by atoms with Gasteiger partial charge in [0.05, 0.1) is 12.8 Å². The van der Waals surface area contributed by atoms with Gasteiger partial charge in [-0.05, 0) is 55.0 Å². The second-order valence-corrected chi connectivity index (χ2v) is 5.22. The van der Waals surface area contributed by atoms with Gasteiger partial charge in [-0.1, -0.05) is 0 Å². The summed E-state index contributed by atoms with van der Waals surface area (Å²) in [7, 11) is 0. The van der Waals surface area contributed by atoms with E-state index >= 15 is 0 Å². The highest BCUT2D eigenvalue weighted by Gasteiger charge is 2.14. The molecule has 8 heteroatoms. The van der Waals surface area contributed by atoms with Gasteiger partial charge >= 0.3 is 11.8 Å². The van der Waals surface area contributed by atoms with Crippen molar-refractivity contribution in [2.24, 2.45) is 5.10 Å². The lowest BCUT2D eigenvalue weighted by Crippen LogP contribution is -2.32. The van der Waals surface area contributed by atoms with Crippen LogP contribution in [0.1, 0.15) is 12.5 Å². The normalized spacial score (nSPS) is 12.0. The summed E-state index contributed by atoms with van der Waals surface area (Å²) < 4.78 is 15.8. The van der Waals surface area contributed by atoms with Gasteiger partial charge < -0.3 is 19.5 Å². The molecular formula is C18H17N3O5. The first-order valence-electron chi connectivity index (χ1n) is 7.92. The minimum Gasteiger partial charge on any atom is -0.494 e. The van der Waals surface area contributed by atoms with E-state index in [1.807, 2.05) is 6.92 Å². The SMILES string of the molecule is CCOc1ccc(NC(=O)C(=O)N/N=C/c2ccc3c(c2)OCO3)cc1. The lowest BCUT2D eigenvalue weighted by atomic mass is 10.2. The number of carbonyl (C=O) groups excluding carboxylic acids is 2. The largest absolute Gasteiger partial charge is 0.494 e. The number of carbonyl (C=O) groups is 2. The van der Waals surface area contributed by atoms with Crippen LogP contribution in [0.15, 0.2) is 47.6 Å². The molecule has 8 nitrogen and oxygen atoms in total. The fourth-order valence-electron chi connectivity index (χ4n) is 2.20. The smallest absolute Gasteiger partial charge is 0.329 e. The summed E-state index contributed by atoms with van der Waals surface area (Å²) in [6, 6.07) is 11.9. The maximum atomic E-state index is 11.9. The van der Waals surface area contributed by atoms with Gasteiger partial charge in [0.2, 0.25) is 6.79 Å². The zero-order valence-corrected chi connectivity index (χ0v) is 14.0. The molecule has 26 heavy (non-hydrogen) atoms. The van der Waals surface area contributed by atoms with E-state index in [4.69, 9.17) is 14.2 Å². The molecule has 0 spiro atoms. The molecule has 134 valence electrons. The molecule has 0 aliphatic carbocycles. The Morgan fingerprint density at radius 3 is 2.65 bits per heavy atom. The molecule has 2 N–H and O–H groups in total. The van der Waals surface area contributed by atoms with E-state index in [1.165, 1.54) is 6.21 Å². The molecule has 0 fully saturated rings. The third kappa shape index (κ3) is 4.29. The summed E-state index contributed by atoms with van der Waals surface area (Å²) in [6.07, 6.45) is 1.41. The zero-order chi connectivity index (χ0) is 18.4. The molecule has 1 aliphatic heterocycles. The van der Waals surface area contributed by atoms with Gasteiger partial charge in [0.1, 0.15) is 5.75 Å². The van der Waals surface area contributed by atoms with Gasteiger partial charge in [-0.3, -0.25) is 9.59 Å². The van der Waals surface area contributed by atoms with Crippen LogP contribution in [0.3, 0.4) is 0 Å². The van der Waals surface area contributed by atoms with Gasteiger partial charge in [0.25, 0.3) is 0 Å². The van der Waals surface area contributed by atoms with Crippen molar-refractivity contribution in [2.75, 3.05) is 18.7 Å². The van der Waals surface area contributed by atoms with Crippen LogP contribution in [0.2, 0.25) is 0 Å². The molecule has 1 heterocycles. The number of nitrogens with zero attached hydrogens (tertiary/aromatic N) is 1. The highest BCUT2D eigenvalue weighted by atomic mass is 16.7. The van der Waals surface area contributed by atoms with Crippen molar-refractivity contribution < 1.29 is 23.8 Å². The summed E-state index contributed by atoms with van der Waals surface area (Å²) in [5.41, 5.74) is 3.35. The van der Waals surface area contributed by atoms with E-state index in [9.17, 15) is 9.59 Å². The molecule has 3 rings (SSSR count). The maximum Gasteiger partial charge on any atom is 0.329 e. The topological polar surface area (TPSA) is 98.2 Å². The van der Waals surface area contributed by atoms with Gasteiger partial charge in [0, 0.05) is 5.69 Å². The first-order chi connectivity index (χ1) is 12.7. The molecule has 0 unspecified atom stereocenters. The molecular weight excluding hydrogens is 338 g/mol. The maximum absolute atomic E-state index is 11.9. The van der Waals surface area contributed by atoms with Crippen LogP contribution in [-0.4, -0.2) is 31.4 Å². The molecule has 2 aromatic rings. The van der Waals surface area contributed by atoms with Gasteiger partial charge in [0.15, 0.2) is 11.5 Å². The molecule has 0 radical (unpaired) electrons. The van der Waals surface area contributed by atoms with Gasteiger partial charge in [-0.25, -0.2) is 5.43 Å². The Kier molecular flexibility index (Phi) is 5.33. The Hall–Kier alpha value is -3.55. The predicted octanol–water partition coefficient (Wildman–Crippen LogP) is 1.90. The number of hydrogen-bond acceptors (Lipinski definition) is 6. The van der Waals surface area contributed by atoms with E-state index in [-0.39, 0.29) is 6.79 Å². The number of benzene rings is 2. The van der Waals surface area contributed by atoms with Crippen molar-refractivity contribution in [1.29, 1.82) is 0 Å². The number of rotatable bonds is 5. The molecule has 2 amide bonds. The molecule has 1 aliphatic rings. The summed E-state index contributed by atoms with van der Waals surface area (Å²) in [5, 5.41) is 6.24. The quantitative estimate of drug-likeness (QED) is 0.485. The molecule has 0 saturated heterocycles. The second kappa shape index (κ2) is 8.02. The first-order valence-corrected chi connectivity index (χ1v) is 7.92. The lowest BCUT2D eigenvalue weighted by molar-refractivity contribution is -0.136. The fraction of sp³-hybridized carbons (Fsp3) is 0.167. The zero-order valence-electron chi connectivity index (χ0n) is 14.0. The average Bonchev–Trinajstić information content (AvgIpc) is 3.11. The number of amides is 2. The highest BCUT2D eigenvalue weighted by Crippen LogP contribution is 2.31. The third-order valence-corrected chi connectivity index (χ3v) is 3.41. The molecule has 0 bridgehead atoms. The molecule has 0 aromatic heterocycles. The van der Waals surface area contributed by atoms with Crippen molar-refractivity contribution in [1.82, 2.24) is 5.43 Å². The van der Waals surface area contributed by atoms with Crippen molar-refractivity contribution >= 4 is 23.7 Å². The van der Waals surface area contributed by atoms with Crippen LogP contribution in [-0.2, 0) is 9.59 Å². The highest BCUT2D eigenvalue weighted by molar-refractivity contribution is 6.39. The predicted molar refractivity (Wildman–Crippen MR) is 94.5 cm³/mol. The Morgan fingerprint density at radius 2 is 1.88 bits per heavy atom. The minimum atomic E-state index is -0.879. The molecule has 0 saturated carbocycles. The van der Waals surface area contributed by atoms with E-state index in [0.717, 1.165) is 0 Å². The minimum absolute atomic E-state index is 0.179. The van der Waals surface area contributed by atoms with Crippen molar-refractivity contribution in [3.63, 3.8) is 0 Å². The van der Waals surface area contributed by atoms with E-state index < -0.39 is 11.8 Å². The Balaban J connectivity index is 1.51. The van der Waals surface area contributed by atoms with Gasteiger partial charge in [-0.2, -0.15) is 5.10 Å². The van der Waals surface area contributed by atoms with E-state index in [1.54, 1.807) is 42.5 Å². The standard InChI is InChI=1S/C18H17N3O5/c1-2-24-14-6-4-13(5-7-14)20-17(22)18(23)21-19-10-12-3-8-15-16(9-12)26-11-25-15/h3-10H,2,11H2,1H3,(H,20,22)(H,21,23)/b19-10+. The van der Waals surface area contributed by atoms with Crippen LogP contribution in [0.25, 0.3) is 0 Å². The Morgan fingerprint density at radius 1 is 1.12 bits per heavy atom. The number of hydrogen-bond donors (Lipinski definition) is 2. The summed E-state index contributed by atoms with van der Waals surface area (Å²) in [6.45, 7) is 2.61. The van der Waals surface area contributed by atoms with Crippen LogP contribution in [0, 0.1) is 0 Å². The third-order valence-electron chi connectivity index (χ3n) is 3.41. The Labute approximate surface area is 149 Å². The number of nitrogens with one attached hydrogen (secondary N) is 2. The van der Waals surface area contributed by atoms with Crippen LogP contribution >= 0.6 is 0 Å². The van der Waals surface area contributed by atoms with Crippen LogP contribution in [0.5, 0.6) is 17.2 Å². The summed E-state index contributed by atoms with van der Waals surface area (Å²) >= 11 is 0. The number of fused-ring (bicyclic) bond motifs is 1. The van der Waals surface area contributed by atoms with Crippen molar-refractivity contribution in [3.05, 3.63) is 48.0 Å². The monoisotopic (exact) mass is 355 g/mol. The molecule has 0 atom stereocenters. The first kappa shape index (κ1) is 17.3. The summed E-state index contributed by atoms with van der Waals surface area (Å²) in [4.78, 5) is 23.6.